The van der Waals surface area contributed by atoms with E-state index in [1.165, 1.54) is 6.92 Å². The minimum Gasteiger partial charge on any atom is -0.438 e. The lowest BCUT2D eigenvalue weighted by molar-refractivity contribution is -0.114. The first-order chi connectivity index (χ1) is 11.6. The number of anilines is 1. The molecule has 5 heteroatoms. The molecule has 3 rings (SSSR count). The van der Waals surface area contributed by atoms with Gasteiger partial charge < -0.3 is 10.1 Å². The molecule has 1 amide bonds. The Kier molecular flexibility index (Phi) is 4.24. The predicted molar refractivity (Wildman–Crippen MR) is 92.7 cm³/mol. The van der Waals surface area contributed by atoms with Crippen molar-refractivity contribution < 1.29 is 14.3 Å². The largest absolute Gasteiger partial charge is 0.438 e. The van der Waals surface area contributed by atoms with Crippen molar-refractivity contribution in [2.75, 3.05) is 5.32 Å². The van der Waals surface area contributed by atoms with Gasteiger partial charge in [0.2, 0.25) is 11.8 Å². The molecule has 0 fully saturated rings. The number of rotatable bonds is 4. The summed E-state index contributed by atoms with van der Waals surface area (Å²) in [5.41, 5.74) is 2.87. The van der Waals surface area contributed by atoms with Crippen LogP contribution in [0.25, 0.3) is 10.9 Å². The lowest BCUT2D eigenvalue weighted by Gasteiger charge is -2.10. The zero-order valence-electron chi connectivity index (χ0n) is 13.4. The molecule has 2 aromatic carbocycles. The summed E-state index contributed by atoms with van der Waals surface area (Å²) in [6, 6.07) is 14.4. The van der Waals surface area contributed by atoms with Crippen LogP contribution in [0.1, 0.15) is 22.8 Å². The fourth-order valence-electron chi connectivity index (χ4n) is 2.43. The number of carbonyl (C=O) groups excluding carboxylic acids is 2. The van der Waals surface area contributed by atoms with Gasteiger partial charge in [0.1, 0.15) is 5.75 Å². The molecule has 5 nitrogen and oxygen atoms in total. The van der Waals surface area contributed by atoms with Gasteiger partial charge in [-0.1, -0.05) is 18.2 Å². The van der Waals surface area contributed by atoms with E-state index >= 15 is 0 Å². The average molecular weight is 320 g/mol. The molecule has 120 valence electrons. The SMILES string of the molecule is CC(=O)Nc1ccc(Oc2nc3c(C)cccc3cc2C=O)cc1. The van der Waals surface area contributed by atoms with Crippen molar-refractivity contribution in [3.05, 3.63) is 59.7 Å². The van der Waals surface area contributed by atoms with Crippen molar-refractivity contribution in [1.82, 2.24) is 4.98 Å². The summed E-state index contributed by atoms with van der Waals surface area (Å²) >= 11 is 0. The van der Waals surface area contributed by atoms with Crippen LogP contribution in [0.4, 0.5) is 5.69 Å². The number of nitrogens with zero attached hydrogens (tertiary/aromatic N) is 1. The molecule has 0 aliphatic rings. The van der Waals surface area contributed by atoms with Gasteiger partial charge in [-0.25, -0.2) is 4.98 Å². The Morgan fingerprint density at radius 2 is 1.92 bits per heavy atom. The Hall–Kier alpha value is -3.21. The Morgan fingerprint density at radius 3 is 2.58 bits per heavy atom. The van der Waals surface area contributed by atoms with Crippen molar-refractivity contribution in [3.8, 4) is 11.6 Å². The molecular weight excluding hydrogens is 304 g/mol. The Balaban J connectivity index is 1.95. The Bertz CT molecular complexity index is 918. The van der Waals surface area contributed by atoms with E-state index in [0.29, 0.717) is 17.0 Å². The summed E-state index contributed by atoms with van der Waals surface area (Å²) in [4.78, 5) is 26.9. The van der Waals surface area contributed by atoms with Gasteiger partial charge in [0.25, 0.3) is 0 Å². The summed E-state index contributed by atoms with van der Waals surface area (Å²) < 4.78 is 5.77. The number of pyridine rings is 1. The van der Waals surface area contributed by atoms with Gasteiger partial charge >= 0.3 is 0 Å². The third-order valence-electron chi connectivity index (χ3n) is 3.56. The maximum Gasteiger partial charge on any atom is 0.230 e. The number of ether oxygens (including phenoxy) is 1. The van der Waals surface area contributed by atoms with Gasteiger partial charge in [-0.3, -0.25) is 9.59 Å². The standard InChI is InChI=1S/C19H16N2O3/c1-12-4-3-5-14-10-15(11-22)19(21-18(12)14)24-17-8-6-16(7-9-17)20-13(2)23/h3-11H,1-2H3,(H,20,23). The molecule has 1 heterocycles. The van der Waals surface area contributed by atoms with Crippen LogP contribution in [-0.4, -0.2) is 17.2 Å². The van der Waals surface area contributed by atoms with Crippen LogP contribution < -0.4 is 10.1 Å². The highest BCUT2D eigenvalue weighted by molar-refractivity contribution is 5.90. The van der Waals surface area contributed by atoms with Gasteiger partial charge in [-0.2, -0.15) is 0 Å². The molecule has 0 radical (unpaired) electrons. The zero-order chi connectivity index (χ0) is 17.1. The first-order valence-corrected chi connectivity index (χ1v) is 7.48. The van der Waals surface area contributed by atoms with Crippen molar-refractivity contribution in [2.45, 2.75) is 13.8 Å². The minimum atomic E-state index is -0.140. The molecule has 3 aromatic rings. The molecule has 0 saturated heterocycles. The lowest BCUT2D eigenvalue weighted by Crippen LogP contribution is -2.05. The highest BCUT2D eigenvalue weighted by Gasteiger charge is 2.10. The van der Waals surface area contributed by atoms with Crippen LogP contribution in [0.2, 0.25) is 0 Å². The van der Waals surface area contributed by atoms with Crippen LogP contribution >= 0.6 is 0 Å². The van der Waals surface area contributed by atoms with Gasteiger partial charge in [0, 0.05) is 18.0 Å². The number of para-hydroxylation sites is 1. The Morgan fingerprint density at radius 1 is 1.17 bits per heavy atom. The molecule has 0 bridgehead atoms. The number of amides is 1. The van der Waals surface area contributed by atoms with Gasteiger partial charge in [0.05, 0.1) is 11.1 Å². The number of aldehydes is 1. The number of benzene rings is 2. The molecule has 1 aromatic heterocycles. The smallest absolute Gasteiger partial charge is 0.230 e. The van der Waals surface area contributed by atoms with E-state index in [2.05, 4.69) is 10.3 Å². The van der Waals surface area contributed by atoms with Crippen LogP contribution in [0.3, 0.4) is 0 Å². The molecule has 0 aliphatic carbocycles. The fourth-order valence-corrected chi connectivity index (χ4v) is 2.43. The maximum absolute atomic E-state index is 11.4. The van der Waals surface area contributed by atoms with Gasteiger partial charge in [0.15, 0.2) is 6.29 Å². The first kappa shape index (κ1) is 15.7. The highest BCUT2D eigenvalue weighted by atomic mass is 16.5. The molecule has 0 atom stereocenters. The number of hydrogen-bond acceptors (Lipinski definition) is 4. The molecule has 0 unspecified atom stereocenters. The third-order valence-corrected chi connectivity index (χ3v) is 3.56. The highest BCUT2D eigenvalue weighted by Crippen LogP contribution is 2.28. The van der Waals surface area contributed by atoms with Crippen LogP contribution in [0, 0.1) is 6.92 Å². The number of carbonyl (C=O) groups is 2. The van der Waals surface area contributed by atoms with Crippen LogP contribution in [-0.2, 0) is 4.79 Å². The zero-order valence-corrected chi connectivity index (χ0v) is 13.4. The fraction of sp³-hybridized carbons (Fsp3) is 0.105. The molecular formula is C19H16N2O3. The Labute approximate surface area is 139 Å². The maximum atomic E-state index is 11.4. The summed E-state index contributed by atoms with van der Waals surface area (Å²) in [6.45, 7) is 3.41. The van der Waals surface area contributed by atoms with E-state index in [-0.39, 0.29) is 11.8 Å². The van der Waals surface area contributed by atoms with E-state index < -0.39 is 0 Å². The number of fused-ring (bicyclic) bond motifs is 1. The second-order valence-electron chi connectivity index (χ2n) is 5.45. The third kappa shape index (κ3) is 3.25. The van der Waals surface area contributed by atoms with E-state index in [1.54, 1.807) is 30.3 Å². The lowest BCUT2D eigenvalue weighted by atomic mass is 10.1. The van der Waals surface area contributed by atoms with E-state index in [4.69, 9.17) is 4.74 Å². The molecule has 0 aliphatic heterocycles. The number of aromatic nitrogens is 1. The summed E-state index contributed by atoms with van der Waals surface area (Å²) in [7, 11) is 0. The van der Waals surface area contributed by atoms with E-state index in [1.807, 2.05) is 25.1 Å². The van der Waals surface area contributed by atoms with E-state index in [9.17, 15) is 9.59 Å². The number of aryl methyl sites for hydroxylation is 1. The average Bonchev–Trinajstić information content (AvgIpc) is 2.56. The summed E-state index contributed by atoms with van der Waals surface area (Å²) in [5.74, 6) is 0.658. The summed E-state index contributed by atoms with van der Waals surface area (Å²) in [5, 5.41) is 3.58. The number of nitrogens with one attached hydrogen (secondary N) is 1. The van der Waals surface area contributed by atoms with Crippen LogP contribution in [0.15, 0.2) is 48.5 Å². The van der Waals surface area contributed by atoms with E-state index in [0.717, 1.165) is 22.8 Å². The quantitative estimate of drug-likeness (QED) is 0.735. The first-order valence-electron chi connectivity index (χ1n) is 7.48. The molecule has 0 spiro atoms. The second kappa shape index (κ2) is 6.50. The van der Waals surface area contributed by atoms with Gasteiger partial charge in [-0.05, 0) is 42.8 Å². The summed E-state index contributed by atoms with van der Waals surface area (Å²) in [6.07, 6.45) is 0.732. The van der Waals surface area contributed by atoms with Crippen LogP contribution in [0.5, 0.6) is 11.6 Å². The molecule has 0 saturated carbocycles. The topological polar surface area (TPSA) is 68.3 Å². The van der Waals surface area contributed by atoms with Crippen molar-refractivity contribution in [3.63, 3.8) is 0 Å². The monoisotopic (exact) mass is 320 g/mol. The predicted octanol–water partition coefficient (Wildman–Crippen LogP) is 4.11. The molecule has 24 heavy (non-hydrogen) atoms. The number of hydrogen-bond donors (Lipinski definition) is 1. The minimum absolute atomic E-state index is 0.140. The normalized spacial score (nSPS) is 10.4. The van der Waals surface area contributed by atoms with Crippen molar-refractivity contribution in [1.29, 1.82) is 0 Å². The van der Waals surface area contributed by atoms with Crippen molar-refractivity contribution in [2.24, 2.45) is 0 Å². The second-order valence-corrected chi connectivity index (χ2v) is 5.45. The van der Waals surface area contributed by atoms with Gasteiger partial charge in [-0.15, -0.1) is 0 Å². The van der Waals surface area contributed by atoms with Crippen molar-refractivity contribution >= 4 is 28.8 Å². The molecule has 1 N–H and O–H groups in total.